The molecule has 1 unspecified atom stereocenters. The summed E-state index contributed by atoms with van der Waals surface area (Å²) in [6.07, 6.45) is 0.937. The lowest BCUT2D eigenvalue weighted by Crippen LogP contribution is -2.43. The molecule has 146 valence electrons. The zero-order chi connectivity index (χ0) is 19.9. The Morgan fingerprint density at radius 3 is 2.64 bits per heavy atom. The molecule has 1 atom stereocenters. The number of thiazole rings is 1. The van der Waals surface area contributed by atoms with Crippen molar-refractivity contribution in [2.75, 3.05) is 11.9 Å². The van der Waals surface area contributed by atoms with E-state index in [9.17, 15) is 22.0 Å². The number of hydrogen-bond donors (Lipinski definition) is 1. The molecule has 2 heterocycles. The molecular weight excluding hydrogens is 408 g/mol. The van der Waals surface area contributed by atoms with E-state index in [0.29, 0.717) is 17.5 Å². The number of anilines is 1. The lowest BCUT2D eigenvalue weighted by Gasteiger charge is -2.22. The van der Waals surface area contributed by atoms with Crippen LogP contribution in [0.15, 0.2) is 47.4 Å². The molecule has 0 radical (unpaired) electrons. The molecule has 1 fully saturated rings. The van der Waals surface area contributed by atoms with E-state index in [1.54, 1.807) is 18.2 Å². The molecule has 1 amide bonds. The van der Waals surface area contributed by atoms with E-state index in [1.165, 1.54) is 16.4 Å². The number of hydrogen-bond acceptors (Lipinski definition) is 5. The van der Waals surface area contributed by atoms with Gasteiger partial charge in [0.2, 0.25) is 15.9 Å². The number of sulfonamides is 1. The number of nitrogens with zero attached hydrogens (tertiary/aromatic N) is 2. The maximum absolute atomic E-state index is 13.4. The second-order valence-electron chi connectivity index (χ2n) is 6.33. The van der Waals surface area contributed by atoms with Gasteiger partial charge in [-0.05, 0) is 31.0 Å². The van der Waals surface area contributed by atoms with Crippen LogP contribution in [-0.2, 0) is 14.8 Å². The number of fused-ring (bicyclic) bond motifs is 1. The highest BCUT2D eigenvalue weighted by molar-refractivity contribution is 7.89. The van der Waals surface area contributed by atoms with Gasteiger partial charge in [-0.15, -0.1) is 0 Å². The van der Waals surface area contributed by atoms with Gasteiger partial charge in [0.25, 0.3) is 0 Å². The average Bonchev–Trinajstić information content (AvgIpc) is 3.30. The Morgan fingerprint density at radius 1 is 1.18 bits per heavy atom. The second-order valence-corrected chi connectivity index (χ2v) is 9.25. The number of aromatic nitrogens is 1. The lowest BCUT2D eigenvalue weighted by molar-refractivity contribution is -0.119. The van der Waals surface area contributed by atoms with Crippen LogP contribution in [0.1, 0.15) is 12.8 Å². The lowest BCUT2D eigenvalue weighted by atomic mass is 10.2. The first-order chi connectivity index (χ1) is 13.4. The molecule has 28 heavy (non-hydrogen) atoms. The topological polar surface area (TPSA) is 79.4 Å². The van der Waals surface area contributed by atoms with E-state index >= 15 is 0 Å². The van der Waals surface area contributed by atoms with E-state index < -0.39 is 33.6 Å². The molecule has 10 heteroatoms. The van der Waals surface area contributed by atoms with Crippen molar-refractivity contribution < 1.29 is 22.0 Å². The Hall–Kier alpha value is -2.43. The average molecular weight is 423 g/mol. The molecule has 1 N–H and O–H groups in total. The molecule has 0 spiro atoms. The molecule has 4 rings (SSSR count). The van der Waals surface area contributed by atoms with Crippen LogP contribution >= 0.6 is 11.3 Å². The quantitative estimate of drug-likeness (QED) is 0.698. The fraction of sp³-hybridized carbons (Fsp3) is 0.222. The summed E-state index contributed by atoms with van der Waals surface area (Å²) in [6, 6.07) is 9.03. The number of carbonyl (C=O) groups excluding carboxylic acids is 1. The Bertz CT molecular complexity index is 1110. The van der Waals surface area contributed by atoms with Gasteiger partial charge in [-0.2, -0.15) is 4.31 Å². The van der Waals surface area contributed by atoms with Gasteiger partial charge < -0.3 is 5.32 Å². The van der Waals surface area contributed by atoms with Gasteiger partial charge in [-0.1, -0.05) is 29.5 Å². The first-order valence-corrected chi connectivity index (χ1v) is 10.8. The highest BCUT2D eigenvalue weighted by atomic mass is 32.2. The van der Waals surface area contributed by atoms with Gasteiger partial charge in [-0.25, -0.2) is 22.2 Å². The van der Waals surface area contributed by atoms with Gasteiger partial charge in [0.05, 0.1) is 15.1 Å². The van der Waals surface area contributed by atoms with Crippen molar-refractivity contribution in [2.45, 2.75) is 23.8 Å². The zero-order valence-electron chi connectivity index (χ0n) is 14.4. The summed E-state index contributed by atoms with van der Waals surface area (Å²) in [4.78, 5) is 16.9. The number of benzene rings is 2. The minimum Gasteiger partial charge on any atom is -0.301 e. The van der Waals surface area contributed by atoms with Crippen molar-refractivity contribution in [3.05, 3.63) is 54.1 Å². The van der Waals surface area contributed by atoms with Gasteiger partial charge in [0.1, 0.15) is 6.04 Å². The van der Waals surface area contributed by atoms with E-state index in [4.69, 9.17) is 0 Å². The summed E-state index contributed by atoms with van der Waals surface area (Å²) < 4.78 is 54.0. The van der Waals surface area contributed by atoms with Crippen LogP contribution in [0.2, 0.25) is 0 Å². The van der Waals surface area contributed by atoms with E-state index in [0.717, 1.165) is 23.5 Å². The Labute approximate surface area is 163 Å². The van der Waals surface area contributed by atoms with E-state index in [-0.39, 0.29) is 22.1 Å². The summed E-state index contributed by atoms with van der Waals surface area (Å²) in [7, 11) is -3.80. The summed E-state index contributed by atoms with van der Waals surface area (Å²) in [5, 5.41) is 2.74. The third-order valence-electron chi connectivity index (χ3n) is 4.52. The SMILES string of the molecule is O=C(Nc1nc2cc(F)c(F)cc2s1)C1CCCN1S(=O)(=O)c1ccccc1. The van der Waals surface area contributed by atoms with Gasteiger partial charge in [0.15, 0.2) is 16.8 Å². The maximum Gasteiger partial charge on any atom is 0.244 e. The van der Waals surface area contributed by atoms with E-state index in [1.807, 2.05) is 0 Å². The third-order valence-corrected chi connectivity index (χ3v) is 7.37. The fourth-order valence-electron chi connectivity index (χ4n) is 3.18. The highest BCUT2D eigenvalue weighted by Crippen LogP contribution is 2.30. The molecule has 1 aliphatic rings. The highest BCUT2D eigenvalue weighted by Gasteiger charge is 2.39. The number of rotatable bonds is 4. The van der Waals surface area contributed by atoms with Crippen molar-refractivity contribution >= 4 is 42.6 Å². The first-order valence-electron chi connectivity index (χ1n) is 8.49. The molecule has 0 aliphatic carbocycles. The molecular formula is C18H15F2N3O3S2. The molecule has 6 nitrogen and oxygen atoms in total. The largest absolute Gasteiger partial charge is 0.301 e. The van der Waals surface area contributed by atoms with Crippen LogP contribution in [0.25, 0.3) is 10.2 Å². The molecule has 1 aromatic heterocycles. The number of carbonyl (C=O) groups is 1. The molecule has 0 bridgehead atoms. The fourth-order valence-corrected chi connectivity index (χ4v) is 5.74. The molecule has 1 saturated heterocycles. The molecule has 2 aromatic carbocycles. The summed E-state index contributed by atoms with van der Waals surface area (Å²) in [5.74, 6) is -2.53. The van der Waals surface area contributed by atoms with Crippen LogP contribution in [0, 0.1) is 11.6 Å². The third kappa shape index (κ3) is 3.38. The number of halogens is 2. The van der Waals surface area contributed by atoms with Gasteiger partial charge in [0, 0.05) is 12.6 Å². The second kappa shape index (κ2) is 7.19. The van der Waals surface area contributed by atoms with Crippen molar-refractivity contribution in [3.63, 3.8) is 0 Å². The zero-order valence-corrected chi connectivity index (χ0v) is 16.1. The minimum atomic E-state index is -3.80. The monoisotopic (exact) mass is 423 g/mol. The number of nitrogens with one attached hydrogen (secondary N) is 1. The predicted octanol–water partition coefficient (Wildman–Crippen LogP) is 3.37. The normalized spacial score (nSPS) is 17.9. The van der Waals surface area contributed by atoms with E-state index in [2.05, 4.69) is 10.3 Å². The van der Waals surface area contributed by atoms with Crippen molar-refractivity contribution in [1.29, 1.82) is 0 Å². The molecule has 0 saturated carbocycles. The van der Waals surface area contributed by atoms with Crippen LogP contribution in [-0.4, -0.2) is 36.2 Å². The van der Waals surface area contributed by atoms with Gasteiger partial charge >= 0.3 is 0 Å². The minimum absolute atomic E-state index is 0.126. The number of amides is 1. The summed E-state index contributed by atoms with van der Waals surface area (Å²) in [6.45, 7) is 0.242. The first kappa shape index (κ1) is 18.9. The van der Waals surface area contributed by atoms with Crippen LogP contribution in [0.3, 0.4) is 0 Å². The Morgan fingerprint density at radius 2 is 1.89 bits per heavy atom. The predicted molar refractivity (Wildman–Crippen MR) is 102 cm³/mol. The maximum atomic E-state index is 13.4. The van der Waals surface area contributed by atoms with Crippen LogP contribution in [0.5, 0.6) is 0 Å². The van der Waals surface area contributed by atoms with Crippen molar-refractivity contribution in [1.82, 2.24) is 9.29 Å². The Kier molecular flexibility index (Phi) is 4.86. The molecule has 3 aromatic rings. The smallest absolute Gasteiger partial charge is 0.244 e. The summed E-state index contributed by atoms with van der Waals surface area (Å²) in [5.41, 5.74) is 0.222. The van der Waals surface area contributed by atoms with Gasteiger partial charge in [-0.3, -0.25) is 4.79 Å². The molecule has 1 aliphatic heterocycles. The van der Waals surface area contributed by atoms with Crippen LogP contribution < -0.4 is 5.32 Å². The Balaban J connectivity index is 1.57. The van der Waals surface area contributed by atoms with Crippen LogP contribution in [0.4, 0.5) is 13.9 Å². The summed E-state index contributed by atoms with van der Waals surface area (Å²) >= 11 is 0.995. The van der Waals surface area contributed by atoms with Crippen molar-refractivity contribution in [2.24, 2.45) is 0 Å². The standard InChI is InChI=1S/C18H15F2N3O3S2/c19-12-9-14-16(10-13(12)20)27-18(21-14)22-17(24)15-7-4-8-23(15)28(25,26)11-5-2-1-3-6-11/h1-3,5-6,9-10,15H,4,7-8H2,(H,21,22,24). The van der Waals surface area contributed by atoms with Crippen molar-refractivity contribution in [3.8, 4) is 0 Å².